The minimum absolute atomic E-state index is 0.0244. The van der Waals surface area contributed by atoms with E-state index in [-0.39, 0.29) is 23.3 Å². The minimum atomic E-state index is -0.296. The van der Waals surface area contributed by atoms with Crippen molar-refractivity contribution in [2.24, 2.45) is 5.92 Å². The molecule has 29 heavy (non-hydrogen) atoms. The standard InChI is InChI=1S/C20H25N5O3S/c1-11(2)16(15-10-9-12(3)29-15)22-19-18(23-28-24-19)21-14-8-6-7-13(17(14)26)20(27)25(4)5/h6-11,16,26H,1-5H3,(H,21,23)(H,22,24)/t16-/m1/s1. The summed E-state index contributed by atoms with van der Waals surface area (Å²) in [6.45, 7) is 6.31. The predicted octanol–water partition coefficient (Wildman–Crippen LogP) is 4.40. The third kappa shape index (κ3) is 4.51. The van der Waals surface area contributed by atoms with E-state index in [4.69, 9.17) is 4.63 Å². The number of anilines is 3. The molecule has 0 saturated carbocycles. The number of benzene rings is 1. The number of nitrogens with zero attached hydrogens (tertiary/aromatic N) is 3. The van der Waals surface area contributed by atoms with Crippen LogP contribution in [0.2, 0.25) is 0 Å². The number of aromatic nitrogens is 2. The summed E-state index contributed by atoms with van der Waals surface area (Å²) in [7, 11) is 3.26. The molecule has 1 amide bonds. The molecule has 0 radical (unpaired) electrons. The maximum atomic E-state index is 12.2. The number of nitrogens with one attached hydrogen (secondary N) is 2. The molecule has 1 aromatic carbocycles. The number of hydrogen-bond donors (Lipinski definition) is 3. The smallest absolute Gasteiger partial charge is 0.257 e. The van der Waals surface area contributed by atoms with Crippen LogP contribution in [-0.2, 0) is 0 Å². The molecule has 0 aliphatic carbocycles. The molecule has 3 rings (SSSR count). The number of aromatic hydroxyl groups is 1. The van der Waals surface area contributed by atoms with Gasteiger partial charge in [0.1, 0.15) is 0 Å². The molecule has 0 unspecified atom stereocenters. The van der Waals surface area contributed by atoms with Crippen LogP contribution >= 0.6 is 11.3 Å². The number of phenolic OH excluding ortho intramolecular Hbond substituents is 1. The number of rotatable bonds is 7. The SMILES string of the molecule is Cc1ccc([C@H](Nc2nonc2Nc2cccc(C(=O)N(C)C)c2O)C(C)C)s1. The number of phenols is 1. The number of thiophene rings is 1. The van der Waals surface area contributed by atoms with Crippen LogP contribution in [0.4, 0.5) is 17.3 Å². The second-order valence-electron chi connectivity index (χ2n) is 7.30. The Bertz CT molecular complexity index is 996. The van der Waals surface area contributed by atoms with Gasteiger partial charge in [0.25, 0.3) is 5.91 Å². The first kappa shape index (κ1) is 20.7. The fraction of sp³-hybridized carbons (Fsp3) is 0.350. The Morgan fingerprint density at radius 2 is 1.90 bits per heavy atom. The Kier molecular flexibility index (Phi) is 6.07. The molecule has 3 aromatic rings. The van der Waals surface area contributed by atoms with Crippen molar-refractivity contribution in [2.75, 3.05) is 24.7 Å². The molecule has 0 aliphatic heterocycles. The Labute approximate surface area is 173 Å². The first-order chi connectivity index (χ1) is 13.8. The van der Waals surface area contributed by atoms with Crippen LogP contribution in [0, 0.1) is 12.8 Å². The van der Waals surface area contributed by atoms with Crippen LogP contribution in [0.15, 0.2) is 35.0 Å². The monoisotopic (exact) mass is 415 g/mol. The molecule has 2 aromatic heterocycles. The maximum absolute atomic E-state index is 12.2. The molecule has 8 nitrogen and oxygen atoms in total. The Hall–Kier alpha value is -3.07. The van der Waals surface area contributed by atoms with Crippen molar-refractivity contribution in [1.82, 2.24) is 15.2 Å². The number of carbonyl (C=O) groups is 1. The first-order valence-electron chi connectivity index (χ1n) is 9.24. The van der Waals surface area contributed by atoms with Gasteiger partial charge in [-0.3, -0.25) is 4.79 Å². The molecule has 9 heteroatoms. The minimum Gasteiger partial charge on any atom is -0.505 e. The van der Waals surface area contributed by atoms with Crippen molar-refractivity contribution in [3.63, 3.8) is 0 Å². The van der Waals surface area contributed by atoms with Crippen LogP contribution in [-0.4, -0.2) is 40.3 Å². The highest BCUT2D eigenvalue weighted by molar-refractivity contribution is 7.12. The summed E-state index contributed by atoms with van der Waals surface area (Å²) >= 11 is 1.72. The lowest BCUT2D eigenvalue weighted by atomic mass is 10.0. The summed E-state index contributed by atoms with van der Waals surface area (Å²) in [6.07, 6.45) is 0. The van der Waals surface area contributed by atoms with Gasteiger partial charge in [0.15, 0.2) is 5.75 Å². The van der Waals surface area contributed by atoms with E-state index in [2.05, 4.69) is 53.9 Å². The van der Waals surface area contributed by atoms with E-state index in [9.17, 15) is 9.90 Å². The summed E-state index contributed by atoms with van der Waals surface area (Å²) < 4.78 is 4.92. The lowest BCUT2D eigenvalue weighted by Crippen LogP contribution is -2.21. The van der Waals surface area contributed by atoms with E-state index < -0.39 is 0 Å². The van der Waals surface area contributed by atoms with Crippen molar-refractivity contribution in [1.29, 1.82) is 0 Å². The van der Waals surface area contributed by atoms with Gasteiger partial charge < -0.3 is 20.6 Å². The average Bonchev–Trinajstić information content (AvgIpc) is 3.29. The van der Waals surface area contributed by atoms with Crippen LogP contribution < -0.4 is 10.6 Å². The molecular formula is C20H25N5O3S. The van der Waals surface area contributed by atoms with Gasteiger partial charge in [0.2, 0.25) is 11.6 Å². The van der Waals surface area contributed by atoms with E-state index in [1.165, 1.54) is 14.7 Å². The summed E-state index contributed by atoms with van der Waals surface area (Å²) in [4.78, 5) is 16.1. The zero-order chi connectivity index (χ0) is 21.1. The molecule has 2 heterocycles. The zero-order valence-electron chi connectivity index (χ0n) is 17.1. The summed E-state index contributed by atoms with van der Waals surface area (Å²) in [5.74, 6) is 0.601. The van der Waals surface area contributed by atoms with Crippen molar-refractivity contribution in [3.8, 4) is 5.75 Å². The third-order valence-corrected chi connectivity index (χ3v) is 5.52. The molecule has 154 valence electrons. The quantitative estimate of drug-likeness (QED) is 0.491. The van der Waals surface area contributed by atoms with Gasteiger partial charge in [-0.15, -0.1) is 11.3 Å². The lowest BCUT2D eigenvalue weighted by molar-refractivity contribution is 0.0824. The molecule has 0 aliphatic rings. The van der Waals surface area contributed by atoms with E-state index in [0.29, 0.717) is 23.2 Å². The lowest BCUT2D eigenvalue weighted by Gasteiger charge is -2.21. The van der Waals surface area contributed by atoms with Gasteiger partial charge in [-0.1, -0.05) is 19.9 Å². The maximum Gasteiger partial charge on any atom is 0.257 e. The third-order valence-electron chi connectivity index (χ3n) is 4.44. The van der Waals surface area contributed by atoms with Gasteiger partial charge in [0.05, 0.1) is 17.3 Å². The Balaban J connectivity index is 1.86. The molecule has 1 atom stereocenters. The van der Waals surface area contributed by atoms with E-state index in [1.54, 1.807) is 43.6 Å². The molecule has 0 saturated heterocycles. The fourth-order valence-corrected chi connectivity index (χ4v) is 3.99. The second kappa shape index (κ2) is 8.52. The van der Waals surface area contributed by atoms with E-state index in [1.807, 2.05) is 0 Å². The number of para-hydroxylation sites is 1. The van der Waals surface area contributed by atoms with Crippen LogP contribution in [0.5, 0.6) is 5.75 Å². The molecule has 0 spiro atoms. The topological polar surface area (TPSA) is 104 Å². The van der Waals surface area contributed by atoms with Crippen molar-refractivity contribution in [2.45, 2.75) is 26.8 Å². The normalized spacial score (nSPS) is 12.1. The highest BCUT2D eigenvalue weighted by Crippen LogP contribution is 2.35. The van der Waals surface area contributed by atoms with Crippen molar-refractivity contribution in [3.05, 3.63) is 45.6 Å². The van der Waals surface area contributed by atoms with Crippen LogP contribution in [0.3, 0.4) is 0 Å². The molecule has 0 bridgehead atoms. The van der Waals surface area contributed by atoms with Crippen LogP contribution in [0.1, 0.15) is 40.0 Å². The van der Waals surface area contributed by atoms with Gasteiger partial charge in [-0.05, 0) is 47.4 Å². The summed E-state index contributed by atoms with van der Waals surface area (Å²) in [6, 6.07) is 9.12. The van der Waals surface area contributed by atoms with Crippen LogP contribution in [0.25, 0.3) is 0 Å². The highest BCUT2D eigenvalue weighted by Gasteiger charge is 2.23. The largest absolute Gasteiger partial charge is 0.505 e. The molecule has 3 N–H and O–H groups in total. The highest BCUT2D eigenvalue weighted by atomic mass is 32.1. The Morgan fingerprint density at radius 1 is 1.17 bits per heavy atom. The molecule has 0 fully saturated rings. The average molecular weight is 416 g/mol. The summed E-state index contributed by atoms with van der Waals surface area (Å²) in [5.41, 5.74) is 0.532. The number of amides is 1. The second-order valence-corrected chi connectivity index (χ2v) is 8.62. The predicted molar refractivity (Wildman–Crippen MR) is 114 cm³/mol. The first-order valence-corrected chi connectivity index (χ1v) is 10.1. The van der Waals surface area contributed by atoms with E-state index >= 15 is 0 Å². The summed E-state index contributed by atoms with van der Waals surface area (Å²) in [5, 5.41) is 24.8. The van der Waals surface area contributed by atoms with Crippen molar-refractivity contribution >= 4 is 34.6 Å². The van der Waals surface area contributed by atoms with Gasteiger partial charge in [-0.2, -0.15) is 0 Å². The number of carbonyl (C=O) groups excluding carboxylic acids is 1. The van der Waals surface area contributed by atoms with Gasteiger partial charge in [-0.25, -0.2) is 4.63 Å². The molecular weight excluding hydrogens is 390 g/mol. The van der Waals surface area contributed by atoms with Gasteiger partial charge in [0, 0.05) is 23.8 Å². The zero-order valence-corrected chi connectivity index (χ0v) is 17.9. The van der Waals surface area contributed by atoms with Crippen molar-refractivity contribution < 1.29 is 14.5 Å². The number of hydrogen-bond acceptors (Lipinski definition) is 8. The van der Waals surface area contributed by atoms with E-state index in [0.717, 1.165) is 0 Å². The number of aryl methyl sites for hydroxylation is 1. The fourth-order valence-electron chi connectivity index (χ4n) is 2.88. The Morgan fingerprint density at radius 3 is 2.52 bits per heavy atom. The van der Waals surface area contributed by atoms with Gasteiger partial charge >= 0.3 is 0 Å².